The molecule has 0 amide bonds. The number of hydrogen-bond acceptors (Lipinski definition) is 6. The summed E-state index contributed by atoms with van der Waals surface area (Å²) in [5.74, 6) is 0.398. The minimum Gasteiger partial charge on any atom is -0.462 e. The Hall–Kier alpha value is -1.95. The highest BCUT2D eigenvalue weighted by Crippen LogP contribution is 2.15. The molecule has 0 spiro atoms. The van der Waals surface area contributed by atoms with Gasteiger partial charge in [-0.05, 0) is 44.1 Å². The molecule has 6 heteroatoms. The van der Waals surface area contributed by atoms with E-state index in [-0.39, 0.29) is 30.9 Å². The highest BCUT2D eigenvalue weighted by molar-refractivity contribution is 5.89. The molecule has 0 saturated carbocycles. The van der Waals surface area contributed by atoms with E-state index in [1.807, 2.05) is 12.2 Å². The molecule has 6 nitrogen and oxygen atoms in total. The first-order valence-electron chi connectivity index (χ1n) is 19.7. The summed E-state index contributed by atoms with van der Waals surface area (Å²) in [7, 11) is 0. The minimum atomic E-state index is -0.793. The predicted molar refractivity (Wildman–Crippen MR) is 196 cm³/mol. The van der Waals surface area contributed by atoms with E-state index in [0.29, 0.717) is 19.3 Å². The molecule has 0 aliphatic rings. The smallest absolute Gasteiger partial charge is 0.306 e. The number of aliphatic hydroxyl groups is 1. The van der Waals surface area contributed by atoms with Crippen molar-refractivity contribution < 1.29 is 29.0 Å². The van der Waals surface area contributed by atoms with Gasteiger partial charge in [-0.2, -0.15) is 0 Å². The van der Waals surface area contributed by atoms with Crippen molar-refractivity contribution in [3.63, 3.8) is 0 Å². The maximum atomic E-state index is 12.2. The fourth-order valence-electron chi connectivity index (χ4n) is 5.60. The van der Waals surface area contributed by atoms with Gasteiger partial charge < -0.3 is 14.6 Å². The average Bonchev–Trinajstić information content (AvgIpc) is 3.05. The molecule has 0 radical (unpaired) electrons. The molecule has 0 heterocycles. The van der Waals surface area contributed by atoms with Crippen LogP contribution in [0.25, 0.3) is 0 Å². The molecule has 0 aliphatic heterocycles. The lowest BCUT2D eigenvalue weighted by Gasteiger charge is -2.15. The predicted octanol–water partition coefficient (Wildman–Crippen LogP) is 11.3. The molecule has 0 aliphatic carbocycles. The fourth-order valence-corrected chi connectivity index (χ4v) is 5.60. The van der Waals surface area contributed by atoms with E-state index in [4.69, 9.17) is 9.47 Å². The van der Waals surface area contributed by atoms with Gasteiger partial charge >= 0.3 is 11.9 Å². The highest BCUT2D eigenvalue weighted by Gasteiger charge is 2.16. The Labute approximate surface area is 289 Å². The number of rotatable bonds is 35. The lowest BCUT2D eigenvalue weighted by molar-refractivity contribution is -0.161. The average molecular weight is 663 g/mol. The van der Waals surface area contributed by atoms with Crippen molar-refractivity contribution in [2.75, 3.05) is 13.2 Å². The van der Waals surface area contributed by atoms with Crippen LogP contribution in [-0.4, -0.2) is 42.1 Å². The van der Waals surface area contributed by atoms with Gasteiger partial charge in [0.15, 0.2) is 11.9 Å². The van der Waals surface area contributed by atoms with Crippen LogP contribution in [-0.2, 0) is 23.9 Å². The second-order valence-electron chi connectivity index (χ2n) is 13.9. The van der Waals surface area contributed by atoms with Gasteiger partial charge in [0, 0.05) is 19.3 Å². The summed E-state index contributed by atoms with van der Waals surface area (Å²) in [6, 6.07) is 0. The number of unbranched alkanes of at least 4 members (excludes halogenated alkanes) is 20. The van der Waals surface area contributed by atoms with Crippen molar-refractivity contribution >= 4 is 17.7 Å². The molecule has 47 heavy (non-hydrogen) atoms. The zero-order valence-corrected chi connectivity index (χ0v) is 31.0. The van der Waals surface area contributed by atoms with Crippen LogP contribution in [0.15, 0.2) is 24.3 Å². The van der Waals surface area contributed by atoms with Crippen LogP contribution in [0.1, 0.15) is 194 Å². The third-order valence-corrected chi connectivity index (χ3v) is 8.65. The van der Waals surface area contributed by atoms with E-state index in [1.165, 1.54) is 77.0 Å². The minimum absolute atomic E-state index is 0.0928. The van der Waals surface area contributed by atoms with Gasteiger partial charge in [0.2, 0.25) is 0 Å². The SMILES string of the molecule is CCCCCC(=O)/C=C/C=C\CCCCCCCC(=O)OC[C@H](CO)OC(=O)CCCCCCCCCCCCCCCCC(C)C. The Kier molecular flexibility index (Phi) is 33.9. The molecule has 0 bridgehead atoms. The summed E-state index contributed by atoms with van der Waals surface area (Å²) >= 11 is 0. The molecule has 0 saturated heterocycles. The van der Waals surface area contributed by atoms with Crippen LogP contribution in [0.3, 0.4) is 0 Å². The normalized spacial score (nSPS) is 12.4. The molecule has 0 aromatic heterocycles. The standard InChI is InChI=1S/C41H74O6/c1-4-5-25-31-38(43)32-27-22-18-14-12-16-19-23-28-33-40(44)46-36-39(35-42)47-41(45)34-29-24-20-15-11-9-7-6-8-10-13-17-21-26-30-37(2)3/h18,22,27,32,37,39,42H,4-17,19-21,23-26,28-31,33-36H2,1-3H3/b22-18-,32-27+/t39-/m0/s1. The van der Waals surface area contributed by atoms with Crippen LogP contribution in [0.4, 0.5) is 0 Å². The summed E-state index contributed by atoms with van der Waals surface area (Å²) in [4.78, 5) is 35.9. The maximum absolute atomic E-state index is 12.2. The van der Waals surface area contributed by atoms with Gasteiger partial charge in [0.05, 0.1) is 6.61 Å². The molecule has 274 valence electrons. The van der Waals surface area contributed by atoms with Crippen LogP contribution in [0.2, 0.25) is 0 Å². The Morgan fingerprint density at radius 1 is 0.596 bits per heavy atom. The van der Waals surface area contributed by atoms with Gasteiger partial charge in [-0.15, -0.1) is 0 Å². The number of hydrogen-bond donors (Lipinski definition) is 1. The molecule has 0 rings (SSSR count). The summed E-state index contributed by atoms with van der Waals surface area (Å²) < 4.78 is 10.6. The quantitative estimate of drug-likeness (QED) is 0.0314. The van der Waals surface area contributed by atoms with Crippen molar-refractivity contribution in [2.24, 2.45) is 5.92 Å². The summed E-state index contributed by atoms with van der Waals surface area (Å²) in [6.45, 7) is 6.31. The first-order chi connectivity index (χ1) is 22.9. The van der Waals surface area contributed by atoms with E-state index in [2.05, 4.69) is 26.8 Å². The fraction of sp³-hybridized carbons (Fsp3) is 0.829. The number of ketones is 1. The molecular weight excluding hydrogens is 588 g/mol. The lowest BCUT2D eigenvalue weighted by atomic mass is 10.0. The summed E-state index contributed by atoms with van der Waals surface area (Å²) in [6.07, 6.45) is 36.4. The highest BCUT2D eigenvalue weighted by atomic mass is 16.6. The van der Waals surface area contributed by atoms with E-state index in [9.17, 15) is 19.5 Å². The number of aliphatic hydroxyl groups excluding tert-OH is 1. The third kappa shape index (κ3) is 35.2. The van der Waals surface area contributed by atoms with Crippen molar-refractivity contribution in [3.8, 4) is 0 Å². The van der Waals surface area contributed by atoms with Crippen LogP contribution in [0.5, 0.6) is 0 Å². The molecular formula is C41H74O6. The number of esters is 2. The zero-order chi connectivity index (χ0) is 34.6. The third-order valence-electron chi connectivity index (χ3n) is 8.65. The van der Waals surface area contributed by atoms with Crippen LogP contribution < -0.4 is 0 Å². The number of allylic oxidation sites excluding steroid dienone is 4. The second kappa shape index (κ2) is 35.4. The molecule has 1 atom stereocenters. The van der Waals surface area contributed by atoms with E-state index >= 15 is 0 Å². The molecule has 0 fully saturated rings. The van der Waals surface area contributed by atoms with Gasteiger partial charge in [-0.1, -0.05) is 161 Å². The van der Waals surface area contributed by atoms with Gasteiger partial charge in [-0.3, -0.25) is 14.4 Å². The zero-order valence-electron chi connectivity index (χ0n) is 31.0. The van der Waals surface area contributed by atoms with E-state index in [0.717, 1.165) is 83.0 Å². The van der Waals surface area contributed by atoms with Gasteiger partial charge in [0.1, 0.15) is 6.61 Å². The number of carbonyl (C=O) groups is 3. The Bertz CT molecular complexity index is 787. The monoisotopic (exact) mass is 663 g/mol. The molecule has 0 aromatic rings. The Morgan fingerprint density at radius 3 is 1.62 bits per heavy atom. The van der Waals surface area contributed by atoms with Gasteiger partial charge in [-0.25, -0.2) is 0 Å². The maximum Gasteiger partial charge on any atom is 0.306 e. The Balaban J connectivity index is 3.60. The molecule has 1 N–H and O–H groups in total. The van der Waals surface area contributed by atoms with E-state index < -0.39 is 6.10 Å². The summed E-state index contributed by atoms with van der Waals surface area (Å²) in [5, 5.41) is 9.54. The van der Waals surface area contributed by atoms with Crippen molar-refractivity contribution in [1.29, 1.82) is 0 Å². The van der Waals surface area contributed by atoms with Crippen molar-refractivity contribution in [3.05, 3.63) is 24.3 Å². The first kappa shape index (κ1) is 45.0. The largest absolute Gasteiger partial charge is 0.462 e. The van der Waals surface area contributed by atoms with Crippen molar-refractivity contribution in [2.45, 2.75) is 200 Å². The van der Waals surface area contributed by atoms with Crippen LogP contribution >= 0.6 is 0 Å². The summed E-state index contributed by atoms with van der Waals surface area (Å²) in [5.41, 5.74) is 0. The molecule has 0 aromatic carbocycles. The Morgan fingerprint density at radius 2 is 1.09 bits per heavy atom. The topological polar surface area (TPSA) is 89.9 Å². The molecule has 0 unspecified atom stereocenters. The number of ether oxygens (including phenoxy) is 2. The van der Waals surface area contributed by atoms with Crippen molar-refractivity contribution in [1.82, 2.24) is 0 Å². The van der Waals surface area contributed by atoms with Crippen LogP contribution in [0, 0.1) is 5.92 Å². The van der Waals surface area contributed by atoms with E-state index in [1.54, 1.807) is 6.08 Å². The first-order valence-corrected chi connectivity index (χ1v) is 19.7. The van der Waals surface area contributed by atoms with Gasteiger partial charge in [0.25, 0.3) is 0 Å². The lowest BCUT2D eigenvalue weighted by Crippen LogP contribution is -2.28. The number of carbonyl (C=O) groups excluding carboxylic acids is 3. The second-order valence-corrected chi connectivity index (χ2v) is 13.9.